The molecular formula is C20H30N6O7. The van der Waals surface area contributed by atoms with Gasteiger partial charge in [-0.05, 0) is 37.0 Å². The first-order valence-electron chi connectivity index (χ1n) is 10.1. The number of hydrogen-bond acceptors (Lipinski definition) is 7. The number of carbonyl (C=O) groups excluding carboxylic acids is 2. The highest BCUT2D eigenvalue weighted by Crippen LogP contribution is 2.12. The highest BCUT2D eigenvalue weighted by Gasteiger charge is 2.28. The fraction of sp³-hybridized carbons (Fsp3) is 0.450. The molecule has 0 heterocycles. The lowest BCUT2D eigenvalue weighted by molar-refractivity contribution is -0.143. The van der Waals surface area contributed by atoms with E-state index in [2.05, 4.69) is 15.6 Å². The molecule has 0 fully saturated rings. The zero-order valence-electron chi connectivity index (χ0n) is 17.9. The number of nitrogens with two attached hydrogens (primary N) is 3. The van der Waals surface area contributed by atoms with E-state index in [1.165, 1.54) is 24.3 Å². The summed E-state index contributed by atoms with van der Waals surface area (Å²) in [5, 5.41) is 32.3. The summed E-state index contributed by atoms with van der Waals surface area (Å²) in [7, 11) is 0. The van der Waals surface area contributed by atoms with E-state index < -0.39 is 48.3 Å². The number of guanidine groups is 1. The quantitative estimate of drug-likeness (QED) is 0.0871. The van der Waals surface area contributed by atoms with Crippen molar-refractivity contribution < 1.29 is 34.5 Å². The number of carboxylic acids is 2. The molecule has 1 aromatic carbocycles. The Morgan fingerprint density at radius 1 is 0.939 bits per heavy atom. The Hall–Kier alpha value is -3.87. The molecule has 0 unspecified atom stereocenters. The van der Waals surface area contributed by atoms with Crippen molar-refractivity contribution in [1.29, 1.82) is 0 Å². The number of carboxylic acid groups (broad SMARTS) is 2. The molecule has 0 spiro atoms. The number of aromatic hydroxyl groups is 1. The van der Waals surface area contributed by atoms with Gasteiger partial charge in [-0.1, -0.05) is 12.1 Å². The smallest absolute Gasteiger partial charge is 0.326 e. The maximum atomic E-state index is 12.8. The number of aliphatic imine (C=N–C) groups is 1. The lowest BCUT2D eigenvalue weighted by atomic mass is 10.0. The van der Waals surface area contributed by atoms with Gasteiger partial charge in [-0.3, -0.25) is 19.4 Å². The molecule has 1 aromatic rings. The van der Waals surface area contributed by atoms with Crippen LogP contribution in [-0.4, -0.2) is 69.7 Å². The van der Waals surface area contributed by atoms with Gasteiger partial charge in [0.15, 0.2) is 5.96 Å². The van der Waals surface area contributed by atoms with E-state index in [4.69, 9.17) is 22.3 Å². The highest BCUT2D eigenvalue weighted by atomic mass is 16.4. The van der Waals surface area contributed by atoms with Crippen molar-refractivity contribution in [2.45, 2.75) is 50.2 Å². The molecule has 13 heteroatoms. The van der Waals surface area contributed by atoms with E-state index in [1.807, 2.05) is 0 Å². The number of benzene rings is 1. The second-order valence-electron chi connectivity index (χ2n) is 7.32. The molecule has 0 aliphatic carbocycles. The first kappa shape index (κ1) is 27.2. The zero-order chi connectivity index (χ0) is 25.0. The molecule has 2 amide bonds. The average molecular weight is 466 g/mol. The second kappa shape index (κ2) is 13.5. The number of nitrogens with one attached hydrogen (secondary N) is 2. The van der Waals surface area contributed by atoms with Crippen LogP contribution in [0.5, 0.6) is 5.75 Å². The van der Waals surface area contributed by atoms with E-state index in [0.717, 1.165) is 0 Å². The number of nitrogens with zero attached hydrogens (tertiary/aromatic N) is 1. The number of phenolic OH excluding ortho intramolecular Hbond substituents is 1. The van der Waals surface area contributed by atoms with Crippen molar-refractivity contribution in [3.63, 3.8) is 0 Å². The Bertz CT molecular complexity index is 855. The van der Waals surface area contributed by atoms with E-state index >= 15 is 0 Å². The number of amides is 2. The van der Waals surface area contributed by atoms with Crippen LogP contribution >= 0.6 is 0 Å². The number of rotatable bonds is 14. The van der Waals surface area contributed by atoms with Crippen LogP contribution in [0.3, 0.4) is 0 Å². The van der Waals surface area contributed by atoms with E-state index in [0.29, 0.717) is 12.0 Å². The van der Waals surface area contributed by atoms with Crippen LogP contribution < -0.4 is 27.8 Å². The number of carbonyl (C=O) groups is 4. The van der Waals surface area contributed by atoms with Crippen LogP contribution in [0.25, 0.3) is 0 Å². The van der Waals surface area contributed by atoms with Gasteiger partial charge in [-0.15, -0.1) is 0 Å². The standard InChI is InChI=1S/C20H30N6O7/c21-13(2-1-9-24-20(22)23)17(30)26-15(10-11-3-5-12(27)6-4-11)18(31)25-14(19(32)33)7-8-16(28)29/h3-6,13-15,27H,1-2,7-10,21H2,(H,25,31)(H,26,30)(H,28,29)(H,32,33)(H4,22,23,24)/t13-,14-,15-/m0/s1. The summed E-state index contributed by atoms with van der Waals surface area (Å²) in [4.78, 5) is 51.3. The minimum Gasteiger partial charge on any atom is -0.508 e. The summed E-state index contributed by atoms with van der Waals surface area (Å²) in [5.74, 6) is -4.16. The minimum absolute atomic E-state index is 0.00574. The predicted molar refractivity (Wildman–Crippen MR) is 118 cm³/mol. The normalized spacial score (nSPS) is 13.2. The maximum Gasteiger partial charge on any atom is 0.326 e. The third kappa shape index (κ3) is 10.8. The van der Waals surface area contributed by atoms with E-state index in [9.17, 15) is 29.4 Å². The number of aliphatic carboxylic acids is 2. The maximum absolute atomic E-state index is 12.8. The highest BCUT2D eigenvalue weighted by molar-refractivity contribution is 5.92. The molecule has 0 saturated carbocycles. The summed E-state index contributed by atoms with van der Waals surface area (Å²) in [5.41, 5.74) is 16.9. The zero-order valence-corrected chi connectivity index (χ0v) is 17.9. The fourth-order valence-corrected chi connectivity index (χ4v) is 2.80. The van der Waals surface area contributed by atoms with Gasteiger partial charge in [0.2, 0.25) is 11.8 Å². The van der Waals surface area contributed by atoms with Crippen LogP contribution in [0.4, 0.5) is 0 Å². The molecule has 3 atom stereocenters. The van der Waals surface area contributed by atoms with Gasteiger partial charge in [-0.2, -0.15) is 0 Å². The molecule has 13 nitrogen and oxygen atoms in total. The molecule has 0 radical (unpaired) electrons. The summed E-state index contributed by atoms with van der Waals surface area (Å²) in [6, 6.07) is 2.24. The molecule has 0 aliphatic rings. The number of hydrogen-bond donors (Lipinski definition) is 8. The van der Waals surface area contributed by atoms with E-state index in [-0.39, 0.29) is 37.5 Å². The Balaban J connectivity index is 2.90. The van der Waals surface area contributed by atoms with Crippen LogP contribution in [0.1, 0.15) is 31.2 Å². The SMILES string of the molecule is NC(N)=NCCC[C@H](N)C(=O)N[C@@H](Cc1ccc(O)cc1)C(=O)N[C@@H](CCC(=O)O)C(=O)O. The van der Waals surface area contributed by atoms with E-state index in [1.54, 1.807) is 0 Å². The van der Waals surface area contributed by atoms with Gasteiger partial charge in [0.1, 0.15) is 17.8 Å². The summed E-state index contributed by atoms with van der Waals surface area (Å²) in [6.07, 6.45) is -0.179. The third-order valence-corrected chi connectivity index (χ3v) is 4.57. The molecule has 33 heavy (non-hydrogen) atoms. The molecule has 0 bridgehead atoms. The molecule has 1 rings (SSSR count). The number of phenols is 1. The monoisotopic (exact) mass is 466 g/mol. The van der Waals surface area contributed by atoms with Crippen molar-refractivity contribution in [1.82, 2.24) is 10.6 Å². The minimum atomic E-state index is -1.46. The predicted octanol–water partition coefficient (Wildman–Crippen LogP) is -1.77. The Kier molecular flexibility index (Phi) is 11.1. The van der Waals surface area contributed by atoms with Crippen LogP contribution in [0, 0.1) is 0 Å². The lowest BCUT2D eigenvalue weighted by Gasteiger charge is -2.23. The van der Waals surface area contributed by atoms with Crippen molar-refractivity contribution in [3.05, 3.63) is 29.8 Å². The van der Waals surface area contributed by atoms with Gasteiger partial charge in [-0.25, -0.2) is 4.79 Å². The largest absolute Gasteiger partial charge is 0.508 e. The molecule has 0 aromatic heterocycles. The van der Waals surface area contributed by atoms with Crippen molar-refractivity contribution in [3.8, 4) is 5.75 Å². The fourth-order valence-electron chi connectivity index (χ4n) is 2.80. The van der Waals surface area contributed by atoms with Crippen LogP contribution in [0.15, 0.2) is 29.3 Å². The first-order chi connectivity index (χ1) is 15.5. The van der Waals surface area contributed by atoms with Crippen LogP contribution in [0.2, 0.25) is 0 Å². The summed E-state index contributed by atoms with van der Waals surface area (Å²) in [6.45, 7) is 0.268. The molecule has 0 saturated heterocycles. The Morgan fingerprint density at radius 3 is 2.09 bits per heavy atom. The second-order valence-corrected chi connectivity index (χ2v) is 7.32. The van der Waals surface area contributed by atoms with Gasteiger partial charge in [0.25, 0.3) is 0 Å². The lowest BCUT2D eigenvalue weighted by Crippen LogP contribution is -2.55. The molecule has 0 aliphatic heterocycles. The van der Waals surface area contributed by atoms with Crippen LogP contribution in [-0.2, 0) is 25.6 Å². The van der Waals surface area contributed by atoms with Gasteiger partial charge < -0.3 is 43.2 Å². The van der Waals surface area contributed by atoms with Crippen molar-refractivity contribution in [2.75, 3.05) is 6.54 Å². The average Bonchev–Trinajstić information content (AvgIpc) is 2.74. The van der Waals surface area contributed by atoms with Crippen molar-refractivity contribution in [2.24, 2.45) is 22.2 Å². The Morgan fingerprint density at radius 2 is 1.55 bits per heavy atom. The van der Waals surface area contributed by atoms with Gasteiger partial charge in [0.05, 0.1) is 6.04 Å². The summed E-state index contributed by atoms with van der Waals surface area (Å²) < 4.78 is 0. The Labute approximate surface area is 190 Å². The summed E-state index contributed by atoms with van der Waals surface area (Å²) >= 11 is 0. The molecular weight excluding hydrogens is 436 g/mol. The van der Waals surface area contributed by atoms with Crippen molar-refractivity contribution >= 4 is 29.7 Å². The van der Waals surface area contributed by atoms with Gasteiger partial charge in [0, 0.05) is 19.4 Å². The third-order valence-electron chi connectivity index (χ3n) is 4.57. The molecule has 11 N–H and O–H groups in total. The topological polar surface area (TPSA) is 243 Å². The first-order valence-corrected chi connectivity index (χ1v) is 10.1. The van der Waals surface area contributed by atoms with Gasteiger partial charge >= 0.3 is 11.9 Å². The molecule has 182 valence electrons.